The number of halogens is 1. The number of carbonyl (C=O) groups excluding carboxylic acids is 1. The van der Waals surface area contributed by atoms with Crippen LogP contribution in [0.25, 0.3) is 0 Å². The molecule has 0 radical (unpaired) electrons. The van der Waals surface area contributed by atoms with E-state index in [0.29, 0.717) is 0 Å². The number of carbonyl (C=O) groups is 1. The van der Waals surface area contributed by atoms with Gasteiger partial charge in [-0.2, -0.15) is 0 Å². The predicted molar refractivity (Wildman–Crippen MR) is 77.1 cm³/mol. The highest BCUT2D eigenvalue weighted by Crippen LogP contribution is 2.26. The second-order valence-electron chi connectivity index (χ2n) is 4.49. The monoisotopic (exact) mass is 366 g/mol. The van der Waals surface area contributed by atoms with Crippen molar-refractivity contribution in [3.8, 4) is 0 Å². The molecule has 1 aromatic rings. The van der Waals surface area contributed by atoms with E-state index in [0.717, 1.165) is 47.2 Å². The second kappa shape index (κ2) is 6.34. The quantitative estimate of drug-likeness (QED) is 0.803. The van der Waals surface area contributed by atoms with Gasteiger partial charge in [-0.3, -0.25) is 10.2 Å². The largest absolute Gasteiger partial charge is 0.277 e. The molecule has 0 spiro atoms. The molecule has 0 atom stereocenters. The molecule has 1 aliphatic rings. The Bertz CT molecular complexity index is 550. The van der Waals surface area contributed by atoms with E-state index >= 15 is 0 Å². The Morgan fingerprint density at radius 1 is 1.26 bits per heavy atom. The van der Waals surface area contributed by atoms with Crippen LogP contribution in [0, 0.1) is 5.92 Å². The van der Waals surface area contributed by atoms with Crippen molar-refractivity contribution in [3.63, 3.8) is 0 Å². The Kier molecular flexibility index (Phi) is 4.99. The maximum Gasteiger partial charge on any atom is 0.266 e. The van der Waals surface area contributed by atoms with Crippen molar-refractivity contribution in [1.29, 1.82) is 0 Å². The van der Waals surface area contributed by atoms with E-state index in [-0.39, 0.29) is 16.0 Å². The average Bonchev–Trinajstić information content (AvgIpc) is 2.85. The molecule has 0 bridgehead atoms. The molecule has 1 aliphatic carbocycles. The number of hydrazine groups is 1. The van der Waals surface area contributed by atoms with Crippen LogP contribution < -0.4 is 10.3 Å². The van der Waals surface area contributed by atoms with E-state index in [9.17, 15) is 13.2 Å². The van der Waals surface area contributed by atoms with Gasteiger partial charge in [-0.25, -0.2) is 8.42 Å². The zero-order chi connectivity index (χ0) is 13.9. The summed E-state index contributed by atoms with van der Waals surface area (Å²) in [5, 5.41) is 0. The van der Waals surface area contributed by atoms with E-state index in [2.05, 4.69) is 26.2 Å². The van der Waals surface area contributed by atoms with Crippen LogP contribution >= 0.6 is 27.3 Å². The minimum absolute atomic E-state index is 0.0773. The molecule has 5 nitrogen and oxygen atoms in total. The highest BCUT2D eigenvalue weighted by Gasteiger charge is 2.23. The van der Waals surface area contributed by atoms with Crippen molar-refractivity contribution < 1.29 is 13.2 Å². The maximum atomic E-state index is 11.9. The molecule has 0 saturated heterocycles. The van der Waals surface area contributed by atoms with Crippen LogP contribution in [-0.4, -0.2) is 14.3 Å². The lowest BCUT2D eigenvalue weighted by Gasteiger charge is -2.20. The number of hydrogen-bond acceptors (Lipinski definition) is 4. The topological polar surface area (TPSA) is 75.3 Å². The number of hydrogen-bond donors (Lipinski definition) is 2. The second-order valence-corrected chi connectivity index (χ2v) is 8.86. The highest BCUT2D eigenvalue weighted by molar-refractivity contribution is 9.11. The van der Waals surface area contributed by atoms with Gasteiger partial charge < -0.3 is 0 Å². The van der Waals surface area contributed by atoms with Crippen LogP contribution in [0.5, 0.6) is 0 Å². The third kappa shape index (κ3) is 4.01. The summed E-state index contributed by atoms with van der Waals surface area (Å²) in [6, 6.07) is 3.14. The normalized spacial score (nSPS) is 17.3. The van der Waals surface area contributed by atoms with Gasteiger partial charge in [0.15, 0.2) is 0 Å². The first-order valence-electron chi connectivity index (χ1n) is 6.06. The Hall–Kier alpha value is -0.440. The highest BCUT2D eigenvalue weighted by atomic mass is 79.9. The molecule has 1 amide bonds. The fourth-order valence-electron chi connectivity index (χ4n) is 2.08. The van der Waals surface area contributed by atoms with Crippen LogP contribution in [0.2, 0.25) is 0 Å². The van der Waals surface area contributed by atoms with Crippen LogP contribution in [-0.2, 0) is 14.8 Å². The molecule has 19 heavy (non-hydrogen) atoms. The summed E-state index contributed by atoms with van der Waals surface area (Å²) in [7, 11) is -3.67. The summed E-state index contributed by atoms with van der Waals surface area (Å²) in [4.78, 5) is 14.0. The first kappa shape index (κ1) is 15.0. The number of rotatable bonds is 4. The van der Waals surface area contributed by atoms with Crippen molar-refractivity contribution in [3.05, 3.63) is 15.9 Å². The van der Waals surface area contributed by atoms with Gasteiger partial charge in [0.05, 0.1) is 3.79 Å². The summed E-state index contributed by atoms with van der Waals surface area (Å²) >= 11 is 4.30. The van der Waals surface area contributed by atoms with Gasteiger partial charge in [0, 0.05) is 5.92 Å². The summed E-state index contributed by atoms with van der Waals surface area (Å²) < 4.78 is 24.7. The van der Waals surface area contributed by atoms with Gasteiger partial charge in [-0.05, 0) is 40.9 Å². The van der Waals surface area contributed by atoms with Gasteiger partial charge in [0.25, 0.3) is 10.0 Å². The molecule has 0 aromatic carbocycles. The summed E-state index contributed by atoms with van der Waals surface area (Å²) in [6.07, 6.45) is 4.88. The molecule has 8 heteroatoms. The van der Waals surface area contributed by atoms with Crippen molar-refractivity contribution >= 4 is 43.2 Å². The Labute approximate surface area is 124 Å². The van der Waals surface area contributed by atoms with E-state index in [4.69, 9.17) is 0 Å². The molecular weight excluding hydrogens is 352 g/mol. The van der Waals surface area contributed by atoms with E-state index < -0.39 is 10.0 Å². The van der Waals surface area contributed by atoms with Crippen molar-refractivity contribution in [2.24, 2.45) is 5.92 Å². The first-order valence-corrected chi connectivity index (χ1v) is 9.15. The lowest BCUT2D eigenvalue weighted by Crippen LogP contribution is -2.44. The van der Waals surface area contributed by atoms with Crippen LogP contribution in [0.4, 0.5) is 0 Å². The molecular formula is C11H15BrN2O3S2. The van der Waals surface area contributed by atoms with Gasteiger partial charge in [0.2, 0.25) is 5.91 Å². The first-order chi connectivity index (χ1) is 8.99. The minimum Gasteiger partial charge on any atom is -0.277 e. The number of amides is 1. The zero-order valence-electron chi connectivity index (χ0n) is 10.2. The van der Waals surface area contributed by atoms with Crippen LogP contribution in [0.3, 0.4) is 0 Å². The number of sulfonamides is 1. The van der Waals surface area contributed by atoms with E-state index in [1.807, 2.05) is 0 Å². The van der Waals surface area contributed by atoms with Crippen molar-refractivity contribution in [1.82, 2.24) is 10.3 Å². The summed E-state index contributed by atoms with van der Waals surface area (Å²) in [5.74, 6) is -0.314. The molecule has 1 saturated carbocycles. The van der Waals surface area contributed by atoms with E-state index in [1.165, 1.54) is 6.07 Å². The summed E-state index contributed by atoms with van der Waals surface area (Å²) in [6.45, 7) is 0. The molecule has 2 rings (SSSR count). The van der Waals surface area contributed by atoms with Crippen LogP contribution in [0.15, 0.2) is 20.1 Å². The van der Waals surface area contributed by atoms with Crippen molar-refractivity contribution in [2.45, 2.75) is 36.3 Å². The standard InChI is InChI=1S/C11H15BrN2O3S2/c12-9-6-7-10(18-9)19(16,17)14-13-11(15)8-4-2-1-3-5-8/h6-8,14H,1-5H2,(H,13,15). The average molecular weight is 367 g/mol. The molecule has 1 heterocycles. The predicted octanol–water partition coefficient (Wildman–Crippen LogP) is 2.40. The Morgan fingerprint density at radius 2 is 1.95 bits per heavy atom. The smallest absolute Gasteiger partial charge is 0.266 e. The molecule has 1 aromatic heterocycles. The lowest BCUT2D eigenvalue weighted by molar-refractivity contribution is -0.126. The molecule has 2 N–H and O–H groups in total. The summed E-state index contributed by atoms with van der Waals surface area (Å²) in [5.41, 5.74) is 2.31. The molecule has 0 aliphatic heterocycles. The number of nitrogens with one attached hydrogen (secondary N) is 2. The molecule has 1 fully saturated rings. The maximum absolute atomic E-state index is 11.9. The minimum atomic E-state index is -3.67. The lowest BCUT2D eigenvalue weighted by atomic mass is 9.89. The van der Waals surface area contributed by atoms with Gasteiger partial charge in [-0.15, -0.1) is 16.2 Å². The third-order valence-corrected chi connectivity index (χ3v) is 6.46. The van der Waals surface area contributed by atoms with Crippen LogP contribution in [0.1, 0.15) is 32.1 Å². The number of thiophene rings is 1. The molecule has 106 valence electrons. The SMILES string of the molecule is O=C(NNS(=O)(=O)c1ccc(Br)s1)C1CCCCC1. The fourth-order valence-corrected chi connectivity index (χ4v) is 4.93. The fraction of sp³-hybridized carbons (Fsp3) is 0.545. The Balaban J connectivity index is 1.92. The van der Waals surface area contributed by atoms with E-state index in [1.54, 1.807) is 6.07 Å². The molecule has 0 unspecified atom stereocenters. The van der Waals surface area contributed by atoms with Gasteiger partial charge >= 0.3 is 0 Å². The zero-order valence-corrected chi connectivity index (χ0v) is 13.4. The van der Waals surface area contributed by atoms with Gasteiger partial charge in [0.1, 0.15) is 4.21 Å². The van der Waals surface area contributed by atoms with Gasteiger partial charge in [-0.1, -0.05) is 19.3 Å². The Morgan fingerprint density at radius 3 is 2.53 bits per heavy atom. The van der Waals surface area contributed by atoms with Crippen molar-refractivity contribution in [2.75, 3.05) is 0 Å². The third-order valence-electron chi connectivity index (χ3n) is 3.10.